The van der Waals surface area contributed by atoms with Crippen molar-refractivity contribution in [3.63, 3.8) is 0 Å². The summed E-state index contributed by atoms with van der Waals surface area (Å²) in [5.41, 5.74) is 0. The van der Waals surface area contributed by atoms with Crippen molar-refractivity contribution in [1.29, 1.82) is 0 Å². The fraction of sp³-hybridized carbons (Fsp3) is 0.643. The van der Waals surface area contributed by atoms with Crippen molar-refractivity contribution < 1.29 is 5.11 Å². The van der Waals surface area contributed by atoms with E-state index in [1.54, 1.807) is 0 Å². The van der Waals surface area contributed by atoms with E-state index in [0.717, 1.165) is 37.6 Å². The number of piperidine rings is 1. The molecule has 2 atom stereocenters. The summed E-state index contributed by atoms with van der Waals surface area (Å²) >= 11 is 0. The van der Waals surface area contributed by atoms with E-state index in [0.29, 0.717) is 12.5 Å². The van der Waals surface area contributed by atoms with E-state index in [1.807, 2.05) is 18.2 Å². The number of pyridine rings is 1. The Labute approximate surface area is 109 Å². The molecule has 2 heterocycles. The number of hydrogen-bond donors (Lipinski definition) is 2. The van der Waals surface area contributed by atoms with Crippen molar-refractivity contribution in [2.24, 2.45) is 5.92 Å². The Hall–Kier alpha value is -1.29. The van der Waals surface area contributed by atoms with E-state index in [-0.39, 0.29) is 6.10 Å². The minimum absolute atomic E-state index is 0.243. The Bertz CT molecular complexity index is 383. The van der Waals surface area contributed by atoms with Crippen LogP contribution in [-0.4, -0.2) is 35.8 Å². The van der Waals surface area contributed by atoms with Gasteiger partial charge in [0.15, 0.2) is 0 Å². The second kappa shape index (κ2) is 6.05. The molecule has 1 aliphatic rings. The molecule has 1 aliphatic heterocycles. The van der Waals surface area contributed by atoms with Gasteiger partial charge in [0, 0.05) is 19.6 Å². The Morgan fingerprint density at radius 3 is 3.06 bits per heavy atom. The van der Waals surface area contributed by atoms with Gasteiger partial charge in [-0.05, 0) is 30.9 Å². The summed E-state index contributed by atoms with van der Waals surface area (Å²) in [6.45, 7) is 6.85. The normalized spacial score (nSPS) is 24.1. The largest absolute Gasteiger partial charge is 0.391 e. The Morgan fingerprint density at radius 2 is 2.33 bits per heavy atom. The second-order valence-corrected chi connectivity index (χ2v) is 5.09. The summed E-state index contributed by atoms with van der Waals surface area (Å²) < 4.78 is 0. The van der Waals surface area contributed by atoms with Gasteiger partial charge in [0.25, 0.3) is 0 Å². The van der Waals surface area contributed by atoms with Crippen molar-refractivity contribution in [3.05, 3.63) is 18.2 Å². The van der Waals surface area contributed by atoms with Gasteiger partial charge in [-0.3, -0.25) is 0 Å². The summed E-state index contributed by atoms with van der Waals surface area (Å²) in [6, 6.07) is 6.02. The van der Waals surface area contributed by atoms with Gasteiger partial charge < -0.3 is 15.3 Å². The monoisotopic (exact) mass is 249 g/mol. The molecule has 0 radical (unpaired) electrons. The average molecular weight is 249 g/mol. The highest BCUT2D eigenvalue weighted by molar-refractivity contribution is 5.47. The van der Waals surface area contributed by atoms with Gasteiger partial charge in [0.05, 0.1) is 6.10 Å². The lowest BCUT2D eigenvalue weighted by Gasteiger charge is -2.35. The highest BCUT2D eigenvalue weighted by Gasteiger charge is 2.24. The standard InChI is InChI=1S/C14H23N3O/c1-3-8-15-13-5-4-6-14(16-13)17-9-7-11(2)12(18)10-17/h4-6,11-12,18H,3,7-10H2,1-2H3,(H,15,16). The molecular formula is C14H23N3O. The third-order valence-corrected chi connectivity index (χ3v) is 3.53. The molecule has 2 unspecified atom stereocenters. The molecule has 0 aromatic carbocycles. The van der Waals surface area contributed by atoms with Crippen LogP contribution in [0.5, 0.6) is 0 Å². The van der Waals surface area contributed by atoms with Crippen molar-refractivity contribution in [2.45, 2.75) is 32.8 Å². The first-order valence-electron chi connectivity index (χ1n) is 6.84. The van der Waals surface area contributed by atoms with Crippen LogP contribution in [0.3, 0.4) is 0 Å². The van der Waals surface area contributed by atoms with E-state index in [1.165, 1.54) is 0 Å². The first-order chi connectivity index (χ1) is 8.70. The SMILES string of the molecule is CCCNc1cccc(N2CCC(C)C(O)C2)n1. The zero-order valence-electron chi connectivity index (χ0n) is 11.3. The van der Waals surface area contributed by atoms with Crippen LogP contribution in [0.25, 0.3) is 0 Å². The third kappa shape index (κ3) is 3.13. The first kappa shape index (κ1) is 13.1. The minimum atomic E-state index is -0.243. The maximum absolute atomic E-state index is 9.94. The van der Waals surface area contributed by atoms with Gasteiger partial charge in [-0.25, -0.2) is 4.98 Å². The number of β-amino-alcohol motifs (C(OH)–C–C–N with tert-alkyl or cyclic N) is 1. The van der Waals surface area contributed by atoms with E-state index >= 15 is 0 Å². The lowest BCUT2D eigenvalue weighted by atomic mass is 9.96. The Kier molecular flexibility index (Phi) is 4.42. The summed E-state index contributed by atoms with van der Waals surface area (Å²) in [5.74, 6) is 2.27. The molecule has 0 spiro atoms. The first-order valence-corrected chi connectivity index (χ1v) is 6.84. The molecule has 1 aromatic rings. The zero-order chi connectivity index (χ0) is 13.0. The topological polar surface area (TPSA) is 48.4 Å². The fourth-order valence-electron chi connectivity index (χ4n) is 2.21. The van der Waals surface area contributed by atoms with Gasteiger partial charge >= 0.3 is 0 Å². The van der Waals surface area contributed by atoms with Crippen molar-refractivity contribution >= 4 is 11.6 Å². The van der Waals surface area contributed by atoms with Crippen LogP contribution in [0.1, 0.15) is 26.7 Å². The molecule has 1 saturated heterocycles. The van der Waals surface area contributed by atoms with E-state index in [2.05, 4.69) is 29.0 Å². The number of nitrogens with zero attached hydrogens (tertiary/aromatic N) is 2. The van der Waals surface area contributed by atoms with Crippen LogP contribution in [0.2, 0.25) is 0 Å². The van der Waals surface area contributed by atoms with Gasteiger partial charge in [-0.15, -0.1) is 0 Å². The van der Waals surface area contributed by atoms with Gasteiger partial charge in [0.1, 0.15) is 11.6 Å². The molecule has 0 aliphatic carbocycles. The molecule has 4 nitrogen and oxygen atoms in total. The molecule has 18 heavy (non-hydrogen) atoms. The molecule has 2 N–H and O–H groups in total. The molecule has 100 valence electrons. The number of aromatic nitrogens is 1. The number of nitrogens with one attached hydrogen (secondary N) is 1. The van der Waals surface area contributed by atoms with Crippen LogP contribution in [0.15, 0.2) is 18.2 Å². The van der Waals surface area contributed by atoms with Crippen molar-refractivity contribution in [3.8, 4) is 0 Å². The van der Waals surface area contributed by atoms with Gasteiger partial charge in [-0.1, -0.05) is 19.9 Å². The minimum Gasteiger partial charge on any atom is -0.391 e. The summed E-state index contributed by atoms with van der Waals surface area (Å²) in [6.07, 6.45) is 1.87. The lowest BCUT2D eigenvalue weighted by molar-refractivity contribution is 0.102. The fourth-order valence-corrected chi connectivity index (χ4v) is 2.21. The molecule has 0 saturated carbocycles. The molecule has 4 heteroatoms. The van der Waals surface area contributed by atoms with Crippen LogP contribution >= 0.6 is 0 Å². The molecule has 0 bridgehead atoms. The molecule has 1 fully saturated rings. The Balaban J connectivity index is 2.04. The average Bonchev–Trinajstić information content (AvgIpc) is 2.40. The molecule has 0 amide bonds. The maximum Gasteiger partial charge on any atom is 0.131 e. The smallest absolute Gasteiger partial charge is 0.131 e. The molecule has 1 aromatic heterocycles. The highest BCUT2D eigenvalue weighted by atomic mass is 16.3. The van der Waals surface area contributed by atoms with Gasteiger partial charge in [0.2, 0.25) is 0 Å². The number of anilines is 2. The lowest BCUT2D eigenvalue weighted by Crippen LogP contribution is -2.43. The van der Waals surface area contributed by atoms with Crippen molar-refractivity contribution in [2.75, 3.05) is 29.9 Å². The van der Waals surface area contributed by atoms with Crippen LogP contribution < -0.4 is 10.2 Å². The van der Waals surface area contributed by atoms with Crippen molar-refractivity contribution in [1.82, 2.24) is 4.98 Å². The van der Waals surface area contributed by atoms with E-state index in [9.17, 15) is 5.11 Å². The van der Waals surface area contributed by atoms with Crippen LogP contribution in [-0.2, 0) is 0 Å². The van der Waals surface area contributed by atoms with E-state index in [4.69, 9.17) is 0 Å². The predicted octanol–water partition coefficient (Wildman–Crippen LogP) is 2.11. The highest BCUT2D eigenvalue weighted by Crippen LogP contribution is 2.22. The predicted molar refractivity (Wildman–Crippen MR) is 75.0 cm³/mol. The second-order valence-electron chi connectivity index (χ2n) is 5.09. The number of aliphatic hydroxyl groups is 1. The third-order valence-electron chi connectivity index (χ3n) is 3.53. The zero-order valence-corrected chi connectivity index (χ0v) is 11.3. The molecule has 2 rings (SSSR count). The summed E-state index contributed by atoms with van der Waals surface area (Å²) in [5, 5.41) is 13.2. The summed E-state index contributed by atoms with van der Waals surface area (Å²) in [7, 11) is 0. The quantitative estimate of drug-likeness (QED) is 0.858. The number of rotatable bonds is 4. The Morgan fingerprint density at radius 1 is 1.50 bits per heavy atom. The number of hydrogen-bond acceptors (Lipinski definition) is 4. The van der Waals surface area contributed by atoms with Gasteiger partial charge in [-0.2, -0.15) is 0 Å². The maximum atomic E-state index is 9.94. The summed E-state index contributed by atoms with van der Waals surface area (Å²) in [4.78, 5) is 6.77. The van der Waals surface area contributed by atoms with Crippen LogP contribution in [0, 0.1) is 5.92 Å². The number of aliphatic hydroxyl groups excluding tert-OH is 1. The van der Waals surface area contributed by atoms with Crippen LogP contribution in [0.4, 0.5) is 11.6 Å². The van der Waals surface area contributed by atoms with E-state index < -0.39 is 0 Å². The molecular weight excluding hydrogens is 226 g/mol.